The van der Waals surface area contributed by atoms with Gasteiger partial charge in [-0.25, -0.2) is 0 Å². The minimum atomic E-state index is -0.964. The van der Waals surface area contributed by atoms with Crippen LogP contribution in [-0.4, -0.2) is 73.1 Å². The molecule has 1 aliphatic heterocycles. The standard InChI is InChI=1S/C13H27N5O2/c1-5-13(2,11(14)16-20)12(19)15-8-10-9-17(3)6-7-18(10)4/h10,20H,5-9H2,1-4H3,(H2,14,16)(H,15,19). The molecular weight excluding hydrogens is 258 g/mol. The number of nitrogens with two attached hydrogens (primary N) is 1. The van der Waals surface area contributed by atoms with E-state index in [0.29, 0.717) is 13.0 Å². The van der Waals surface area contributed by atoms with Crippen molar-refractivity contribution in [2.24, 2.45) is 16.3 Å². The van der Waals surface area contributed by atoms with Crippen LogP contribution in [0.15, 0.2) is 5.16 Å². The first kappa shape index (κ1) is 16.7. The third kappa shape index (κ3) is 3.61. The lowest BCUT2D eigenvalue weighted by Gasteiger charge is -2.38. The molecule has 0 aromatic carbocycles. The molecule has 20 heavy (non-hydrogen) atoms. The number of hydrogen-bond acceptors (Lipinski definition) is 5. The highest BCUT2D eigenvalue weighted by atomic mass is 16.4. The van der Waals surface area contributed by atoms with E-state index in [1.165, 1.54) is 0 Å². The fraction of sp³-hybridized carbons (Fsp3) is 0.846. The van der Waals surface area contributed by atoms with Gasteiger partial charge in [0.1, 0.15) is 5.41 Å². The Labute approximate surface area is 120 Å². The van der Waals surface area contributed by atoms with Crippen molar-refractivity contribution in [3.8, 4) is 0 Å². The molecule has 2 atom stereocenters. The number of rotatable bonds is 5. The zero-order valence-electron chi connectivity index (χ0n) is 12.9. The highest BCUT2D eigenvalue weighted by Gasteiger charge is 2.36. The lowest BCUT2D eigenvalue weighted by Crippen LogP contribution is -2.56. The van der Waals surface area contributed by atoms with Crippen molar-refractivity contribution < 1.29 is 10.0 Å². The summed E-state index contributed by atoms with van der Waals surface area (Å²) in [4.78, 5) is 16.8. The lowest BCUT2D eigenvalue weighted by atomic mass is 9.85. The van der Waals surface area contributed by atoms with Crippen LogP contribution in [0, 0.1) is 5.41 Å². The number of amidine groups is 1. The molecule has 1 saturated heterocycles. The van der Waals surface area contributed by atoms with Gasteiger partial charge >= 0.3 is 0 Å². The highest BCUT2D eigenvalue weighted by molar-refractivity contribution is 6.06. The first-order chi connectivity index (χ1) is 9.35. The summed E-state index contributed by atoms with van der Waals surface area (Å²) >= 11 is 0. The third-order valence-electron chi connectivity index (χ3n) is 4.36. The fourth-order valence-electron chi connectivity index (χ4n) is 2.30. The normalized spacial score (nSPS) is 25.2. The van der Waals surface area contributed by atoms with Crippen molar-refractivity contribution in [3.05, 3.63) is 0 Å². The van der Waals surface area contributed by atoms with Gasteiger partial charge in [0.2, 0.25) is 5.91 Å². The molecule has 0 saturated carbocycles. The lowest BCUT2D eigenvalue weighted by molar-refractivity contribution is -0.127. The van der Waals surface area contributed by atoms with Crippen molar-refractivity contribution in [2.75, 3.05) is 40.3 Å². The third-order valence-corrected chi connectivity index (χ3v) is 4.36. The van der Waals surface area contributed by atoms with E-state index >= 15 is 0 Å². The van der Waals surface area contributed by atoms with Crippen LogP contribution in [0.5, 0.6) is 0 Å². The van der Waals surface area contributed by atoms with Gasteiger partial charge in [0.05, 0.1) is 0 Å². The molecule has 1 heterocycles. The van der Waals surface area contributed by atoms with Crippen LogP contribution in [0.3, 0.4) is 0 Å². The highest BCUT2D eigenvalue weighted by Crippen LogP contribution is 2.21. The topological polar surface area (TPSA) is 94.2 Å². The van der Waals surface area contributed by atoms with Crippen LogP contribution in [0.2, 0.25) is 0 Å². The van der Waals surface area contributed by atoms with E-state index in [1.807, 2.05) is 6.92 Å². The Morgan fingerprint density at radius 2 is 2.15 bits per heavy atom. The molecule has 1 rings (SSSR count). The number of oxime groups is 1. The first-order valence-electron chi connectivity index (χ1n) is 7.00. The van der Waals surface area contributed by atoms with Crippen LogP contribution in [-0.2, 0) is 4.79 Å². The summed E-state index contributed by atoms with van der Waals surface area (Å²) in [6.45, 7) is 7.05. The molecule has 1 aliphatic rings. The maximum atomic E-state index is 12.3. The second-order valence-electron chi connectivity index (χ2n) is 5.78. The number of nitrogens with zero attached hydrogens (tertiary/aromatic N) is 3. The molecule has 0 aromatic rings. The Morgan fingerprint density at radius 3 is 2.70 bits per heavy atom. The number of hydrogen-bond donors (Lipinski definition) is 3. The smallest absolute Gasteiger partial charge is 0.233 e. The molecule has 7 heteroatoms. The van der Waals surface area contributed by atoms with Gasteiger partial charge in [-0.05, 0) is 27.4 Å². The van der Waals surface area contributed by atoms with Crippen molar-refractivity contribution in [3.63, 3.8) is 0 Å². The average Bonchev–Trinajstić information content (AvgIpc) is 2.45. The average molecular weight is 285 g/mol. The predicted molar refractivity (Wildman–Crippen MR) is 78.7 cm³/mol. The summed E-state index contributed by atoms with van der Waals surface area (Å²) in [6, 6.07) is 0.283. The molecular formula is C13H27N5O2. The summed E-state index contributed by atoms with van der Waals surface area (Å²) in [6.07, 6.45) is 0.481. The minimum absolute atomic E-state index is 0.0494. The second-order valence-corrected chi connectivity index (χ2v) is 5.78. The number of amides is 1. The van der Waals surface area contributed by atoms with E-state index in [4.69, 9.17) is 10.9 Å². The number of carbonyl (C=O) groups excluding carboxylic acids is 1. The number of piperazine rings is 1. The van der Waals surface area contributed by atoms with E-state index in [0.717, 1.165) is 19.6 Å². The largest absolute Gasteiger partial charge is 0.409 e. The van der Waals surface area contributed by atoms with Gasteiger partial charge in [-0.1, -0.05) is 12.1 Å². The monoisotopic (exact) mass is 285 g/mol. The molecule has 2 unspecified atom stereocenters. The minimum Gasteiger partial charge on any atom is -0.409 e. The molecule has 1 fully saturated rings. The summed E-state index contributed by atoms with van der Waals surface area (Å²) in [5.41, 5.74) is 4.68. The van der Waals surface area contributed by atoms with Crippen LogP contribution in [0.1, 0.15) is 20.3 Å². The maximum absolute atomic E-state index is 12.3. The molecule has 0 aromatic heterocycles. The Hall–Kier alpha value is -1.34. The van der Waals surface area contributed by atoms with Gasteiger partial charge in [-0.2, -0.15) is 0 Å². The van der Waals surface area contributed by atoms with Gasteiger partial charge in [-0.3, -0.25) is 9.69 Å². The molecule has 0 bridgehead atoms. The van der Waals surface area contributed by atoms with Crippen molar-refractivity contribution in [1.29, 1.82) is 0 Å². The summed E-state index contributed by atoms with van der Waals surface area (Å²) in [5, 5.41) is 14.7. The number of nitrogens with one attached hydrogen (secondary N) is 1. The van der Waals surface area contributed by atoms with E-state index in [9.17, 15) is 4.79 Å². The van der Waals surface area contributed by atoms with E-state index in [2.05, 4.69) is 34.4 Å². The van der Waals surface area contributed by atoms with Gasteiger partial charge in [-0.15, -0.1) is 0 Å². The molecule has 0 radical (unpaired) electrons. The molecule has 0 spiro atoms. The van der Waals surface area contributed by atoms with Crippen molar-refractivity contribution in [1.82, 2.24) is 15.1 Å². The molecule has 116 valence electrons. The van der Waals surface area contributed by atoms with E-state index in [-0.39, 0.29) is 17.8 Å². The van der Waals surface area contributed by atoms with E-state index < -0.39 is 5.41 Å². The van der Waals surface area contributed by atoms with Crippen LogP contribution in [0.25, 0.3) is 0 Å². The summed E-state index contributed by atoms with van der Waals surface area (Å²) in [7, 11) is 4.14. The molecule has 4 N–H and O–H groups in total. The number of carbonyl (C=O) groups is 1. The molecule has 7 nitrogen and oxygen atoms in total. The van der Waals surface area contributed by atoms with Crippen LogP contribution in [0.4, 0.5) is 0 Å². The molecule has 1 amide bonds. The van der Waals surface area contributed by atoms with Crippen LogP contribution < -0.4 is 11.1 Å². The van der Waals surface area contributed by atoms with Crippen LogP contribution >= 0.6 is 0 Å². The Kier molecular flexibility index (Phi) is 5.76. The maximum Gasteiger partial charge on any atom is 0.233 e. The number of likely N-dealkylation sites (N-methyl/N-ethyl adjacent to an activating group) is 2. The second kappa shape index (κ2) is 6.90. The van der Waals surface area contributed by atoms with Gasteiger partial charge in [0, 0.05) is 32.2 Å². The van der Waals surface area contributed by atoms with E-state index in [1.54, 1.807) is 6.92 Å². The Balaban J connectivity index is 2.61. The molecule has 0 aliphatic carbocycles. The van der Waals surface area contributed by atoms with Gasteiger partial charge in [0.25, 0.3) is 0 Å². The summed E-state index contributed by atoms with van der Waals surface area (Å²) < 4.78 is 0. The zero-order chi connectivity index (χ0) is 15.3. The summed E-state index contributed by atoms with van der Waals surface area (Å²) in [5.74, 6) is -0.247. The zero-order valence-corrected chi connectivity index (χ0v) is 12.9. The van der Waals surface area contributed by atoms with Crippen molar-refractivity contribution >= 4 is 11.7 Å². The Morgan fingerprint density at radius 1 is 1.50 bits per heavy atom. The van der Waals surface area contributed by atoms with Gasteiger partial charge < -0.3 is 21.2 Å². The van der Waals surface area contributed by atoms with Gasteiger partial charge in [0.15, 0.2) is 5.84 Å². The quantitative estimate of drug-likeness (QED) is 0.274. The fourth-order valence-corrected chi connectivity index (χ4v) is 2.30. The van der Waals surface area contributed by atoms with Crippen molar-refractivity contribution in [2.45, 2.75) is 26.3 Å². The SMILES string of the molecule is CCC(C)(C(=O)NCC1CN(C)CCN1C)C(N)=NO. The predicted octanol–water partition coefficient (Wildman–Crippen LogP) is -0.489. The first-order valence-corrected chi connectivity index (χ1v) is 7.00. The Bertz CT molecular complexity index is 374.